The van der Waals surface area contributed by atoms with Crippen molar-refractivity contribution in [1.29, 1.82) is 0 Å². The first-order valence-electron chi connectivity index (χ1n) is 6.75. The third kappa shape index (κ3) is 3.02. The van der Waals surface area contributed by atoms with E-state index in [1.165, 1.54) is 0 Å². The number of amides is 2. The van der Waals surface area contributed by atoms with Gasteiger partial charge in [-0.1, -0.05) is 13.8 Å². The second-order valence-electron chi connectivity index (χ2n) is 5.07. The molecule has 1 heterocycles. The lowest BCUT2D eigenvalue weighted by molar-refractivity contribution is -0.146. The van der Waals surface area contributed by atoms with E-state index in [1.807, 2.05) is 23.6 Å². The molecule has 3 atom stereocenters. The maximum atomic E-state index is 12.1. The Morgan fingerprint density at radius 3 is 2.00 bits per heavy atom. The van der Waals surface area contributed by atoms with Gasteiger partial charge in [0.05, 0.1) is 6.04 Å². The summed E-state index contributed by atoms with van der Waals surface area (Å²) in [6.45, 7) is 8.63. The van der Waals surface area contributed by atoms with Crippen LogP contribution in [0.2, 0.25) is 0 Å². The van der Waals surface area contributed by atoms with Gasteiger partial charge >= 0.3 is 0 Å². The summed E-state index contributed by atoms with van der Waals surface area (Å²) in [7, 11) is 0. The molecule has 0 aromatic heterocycles. The first-order chi connectivity index (χ1) is 8.42. The molecule has 0 saturated carbocycles. The van der Waals surface area contributed by atoms with Crippen LogP contribution in [0, 0.1) is 0 Å². The predicted octanol–water partition coefficient (Wildman–Crippen LogP) is 0.582. The highest BCUT2D eigenvalue weighted by atomic mass is 16.2. The molecule has 1 aliphatic heterocycles. The minimum absolute atomic E-state index is 0.0106. The highest BCUT2D eigenvalue weighted by Gasteiger charge is 2.36. The predicted molar refractivity (Wildman–Crippen MR) is 70.9 cm³/mol. The summed E-state index contributed by atoms with van der Waals surface area (Å²) < 4.78 is 0. The van der Waals surface area contributed by atoms with Gasteiger partial charge in [-0.25, -0.2) is 0 Å². The average molecular weight is 255 g/mol. The molecule has 0 aliphatic carbocycles. The first-order valence-corrected chi connectivity index (χ1v) is 6.75. The molecule has 2 N–H and O–H groups in total. The number of hydrogen-bond donors (Lipinski definition) is 1. The summed E-state index contributed by atoms with van der Waals surface area (Å²) in [4.78, 5) is 27.5. The summed E-state index contributed by atoms with van der Waals surface area (Å²) in [6.07, 6.45) is 1.71. The Kier molecular flexibility index (Phi) is 5.14. The number of carbonyl (C=O) groups is 2. The van der Waals surface area contributed by atoms with Crippen molar-refractivity contribution in [2.45, 2.75) is 58.7 Å². The molecular formula is C13H25N3O2. The fourth-order valence-corrected chi connectivity index (χ4v) is 2.57. The van der Waals surface area contributed by atoms with E-state index in [0.29, 0.717) is 13.1 Å². The zero-order chi connectivity index (χ0) is 13.9. The third-order valence-corrected chi connectivity index (χ3v) is 3.72. The lowest BCUT2D eigenvalue weighted by Crippen LogP contribution is -2.62. The molecule has 1 rings (SSSR count). The monoisotopic (exact) mass is 255 g/mol. The van der Waals surface area contributed by atoms with Gasteiger partial charge in [-0.3, -0.25) is 9.59 Å². The minimum atomic E-state index is -0.472. The fraction of sp³-hybridized carbons (Fsp3) is 0.846. The standard InChI is InChI=1S/C13H25N3O2/c1-5-11-8-16(13(18)9(3)14)12(6-2)7-15(11)10(4)17/h9,11-12H,5-8,14H2,1-4H3/t9-,11?,12?/m1/s1. The molecule has 0 aromatic carbocycles. The van der Waals surface area contributed by atoms with Gasteiger partial charge in [0, 0.05) is 32.1 Å². The van der Waals surface area contributed by atoms with Gasteiger partial charge in [0.15, 0.2) is 0 Å². The first kappa shape index (κ1) is 15.0. The van der Waals surface area contributed by atoms with Gasteiger partial charge in [0.2, 0.25) is 11.8 Å². The number of rotatable bonds is 3. The van der Waals surface area contributed by atoms with Gasteiger partial charge in [-0.05, 0) is 19.8 Å². The largest absolute Gasteiger partial charge is 0.336 e. The summed E-state index contributed by atoms with van der Waals surface area (Å²) >= 11 is 0. The number of carbonyl (C=O) groups excluding carboxylic acids is 2. The van der Waals surface area contributed by atoms with E-state index in [1.54, 1.807) is 13.8 Å². The molecule has 0 radical (unpaired) electrons. The molecule has 0 bridgehead atoms. The fourth-order valence-electron chi connectivity index (χ4n) is 2.57. The van der Waals surface area contributed by atoms with Gasteiger partial charge < -0.3 is 15.5 Å². The van der Waals surface area contributed by atoms with Gasteiger partial charge in [0.1, 0.15) is 0 Å². The molecule has 5 nitrogen and oxygen atoms in total. The van der Waals surface area contributed by atoms with Crippen LogP contribution in [0.25, 0.3) is 0 Å². The van der Waals surface area contributed by atoms with Crippen LogP contribution < -0.4 is 5.73 Å². The number of piperazine rings is 1. The molecule has 2 unspecified atom stereocenters. The lowest BCUT2D eigenvalue weighted by atomic mass is 10.0. The third-order valence-electron chi connectivity index (χ3n) is 3.72. The smallest absolute Gasteiger partial charge is 0.239 e. The number of hydrogen-bond acceptors (Lipinski definition) is 3. The van der Waals surface area contributed by atoms with Gasteiger partial charge in [0.25, 0.3) is 0 Å². The van der Waals surface area contributed by atoms with Crippen molar-refractivity contribution in [3.8, 4) is 0 Å². The molecule has 1 fully saturated rings. The van der Waals surface area contributed by atoms with Crippen LogP contribution in [0.3, 0.4) is 0 Å². The second-order valence-corrected chi connectivity index (χ2v) is 5.07. The van der Waals surface area contributed by atoms with Crippen LogP contribution in [0.15, 0.2) is 0 Å². The van der Waals surface area contributed by atoms with Crippen LogP contribution >= 0.6 is 0 Å². The van der Waals surface area contributed by atoms with E-state index in [-0.39, 0.29) is 23.9 Å². The van der Waals surface area contributed by atoms with E-state index in [0.717, 1.165) is 12.8 Å². The van der Waals surface area contributed by atoms with Crippen LogP contribution in [-0.4, -0.2) is 52.8 Å². The zero-order valence-corrected chi connectivity index (χ0v) is 11.8. The maximum Gasteiger partial charge on any atom is 0.239 e. The van der Waals surface area contributed by atoms with Crippen molar-refractivity contribution < 1.29 is 9.59 Å². The molecule has 104 valence electrons. The molecule has 2 amide bonds. The Morgan fingerprint density at radius 2 is 1.61 bits per heavy atom. The molecule has 0 spiro atoms. The molecule has 0 aromatic rings. The molecule has 1 aliphatic rings. The van der Waals surface area contributed by atoms with Crippen LogP contribution in [0.1, 0.15) is 40.5 Å². The lowest BCUT2D eigenvalue weighted by Gasteiger charge is -2.46. The molecule has 1 saturated heterocycles. The zero-order valence-electron chi connectivity index (χ0n) is 11.8. The van der Waals surface area contributed by atoms with E-state index in [2.05, 4.69) is 0 Å². The van der Waals surface area contributed by atoms with E-state index >= 15 is 0 Å². The summed E-state index contributed by atoms with van der Waals surface area (Å²) in [5, 5.41) is 0. The normalized spacial score (nSPS) is 26.1. The quantitative estimate of drug-likeness (QED) is 0.802. The maximum absolute atomic E-state index is 12.1. The van der Waals surface area contributed by atoms with E-state index < -0.39 is 6.04 Å². The molecule has 18 heavy (non-hydrogen) atoms. The Labute approximate surface area is 109 Å². The van der Waals surface area contributed by atoms with E-state index in [9.17, 15) is 9.59 Å². The van der Waals surface area contributed by atoms with Crippen molar-refractivity contribution >= 4 is 11.8 Å². The van der Waals surface area contributed by atoms with Crippen molar-refractivity contribution in [3.63, 3.8) is 0 Å². The Bertz CT molecular complexity index is 317. The summed E-state index contributed by atoms with van der Waals surface area (Å²) in [5.74, 6) is 0.0803. The summed E-state index contributed by atoms with van der Waals surface area (Å²) in [5.41, 5.74) is 5.69. The Morgan fingerprint density at radius 1 is 1.17 bits per heavy atom. The molecule has 5 heteroatoms. The number of nitrogens with two attached hydrogens (primary N) is 1. The molecular weight excluding hydrogens is 230 g/mol. The van der Waals surface area contributed by atoms with Crippen LogP contribution in [0.5, 0.6) is 0 Å². The highest BCUT2D eigenvalue weighted by molar-refractivity contribution is 5.82. The van der Waals surface area contributed by atoms with Crippen molar-refractivity contribution in [3.05, 3.63) is 0 Å². The highest BCUT2D eigenvalue weighted by Crippen LogP contribution is 2.20. The Hall–Kier alpha value is -1.10. The van der Waals surface area contributed by atoms with Crippen molar-refractivity contribution in [2.75, 3.05) is 13.1 Å². The SMILES string of the molecule is CCC1CN(C(=O)[C@@H](C)N)C(CC)CN1C(C)=O. The second kappa shape index (κ2) is 6.18. The van der Waals surface area contributed by atoms with Gasteiger partial charge in [-0.2, -0.15) is 0 Å². The van der Waals surface area contributed by atoms with Gasteiger partial charge in [-0.15, -0.1) is 0 Å². The minimum Gasteiger partial charge on any atom is -0.336 e. The topological polar surface area (TPSA) is 66.6 Å². The summed E-state index contributed by atoms with van der Waals surface area (Å²) in [6, 6.07) is -0.261. The van der Waals surface area contributed by atoms with Crippen LogP contribution in [0.4, 0.5) is 0 Å². The van der Waals surface area contributed by atoms with Crippen LogP contribution in [-0.2, 0) is 9.59 Å². The van der Waals surface area contributed by atoms with Crippen molar-refractivity contribution in [2.24, 2.45) is 5.73 Å². The van der Waals surface area contributed by atoms with Crippen molar-refractivity contribution in [1.82, 2.24) is 9.80 Å². The van der Waals surface area contributed by atoms with E-state index in [4.69, 9.17) is 5.73 Å². The number of nitrogens with zero attached hydrogens (tertiary/aromatic N) is 2. The average Bonchev–Trinajstić information content (AvgIpc) is 2.35. The Balaban J connectivity index is 2.88.